The van der Waals surface area contributed by atoms with Crippen LogP contribution in [0.2, 0.25) is 0 Å². The Labute approximate surface area is 196 Å². The van der Waals surface area contributed by atoms with Crippen LogP contribution in [0.5, 0.6) is 0 Å². The molecule has 0 bridgehead atoms. The van der Waals surface area contributed by atoms with Crippen LogP contribution in [-0.2, 0) is 14.4 Å². The van der Waals surface area contributed by atoms with Crippen molar-refractivity contribution in [2.75, 3.05) is 39.3 Å². The molecule has 0 radical (unpaired) electrons. The van der Waals surface area contributed by atoms with Gasteiger partial charge in [-0.25, -0.2) is 0 Å². The molecule has 1 fully saturated rings. The van der Waals surface area contributed by atoms with Crippen LogP contribution in [0.3, 0.4) is 0 Å². The summed E-state index contributed by atoms with van der Waals surface area (Å²) in [5, 5.41) is 46.6. The number of carbonyl (C=O) groups is 2. The predicted octanol–water partition coefficient (Wildman–Crippen LogP) is -3.60. The quantitative estimate of drug-likeness (QED) is 0.152. The number of carboxylic acid groups (broad SMARTS) is 2. The molecule has 0 amide bonds. The van der Waals surface area contributed by atoms with Gasteiger partial charge in [0.2, 0.25) is 0 Å². The van der Waals surface area contributed by atoms with E-state index in [1.807, 2.05) is 0 Å². The molecule has 1 aliphatic rings. The summed E-state index contributed by atoms with van der Waals surface area (Å²) >= 11 is 0. The summed E-state index contributed by atoms with van der Waals surface area (Å²) in [7, 11) is 0. The Morgan fingerprint density at radius 3 is 2.04 bits per heavy atom. The predicted molar refractivity (Wildman–Crippen MR) is 97.9 cm³/mol. The van der Waals surface area contributed by atoms with Crippen LogP contribution in [0.25, 0.3) is 0 Å². The van der Waals surface area contributed by atoms with Gasteiger partial charge >= 0.3 is 51.9 Å². The third-order valence-corrected chi connectivity index (χ3v) is 3.69. The average Bonchev–Trinajstić information content (AvgIpc) is 2.57. The summed E-state index contributed by atoms with van der Waals surface area (Å²) < 4.78 is 0. The second-order valence-corrected chi connectivity index (χ2v) is 5.67. The first kappa shape index (κ1) is 32.2. The van der Waals surface area contributed by atoms with E-state index in [0.717, 1.165) is 0 Å². The van der Waals surface area contributed by atoms with E-state index in [0.29, 0.717) is 32.5 Å². The van der Waals surface area contributed by atoms with E-state index in [9.17, 15) is 19.8 Å². The molecule has 4 atom stereocenters. The van der Waals surface area contributed by atoms with Crippen LogP contribution in [0.1, 0.15) is 6.42 Å². The fourth-order valence-corrected chi connectivity index (χ4v) is 2.31. The van der Waals surface area contributed by atoms with Crippen LogP contribution in [0, 0.1) is 47.4 Å². The fraction of sp³-hybridized carbons (Fsp3) is 0.733. The molecule has 0 saturated carbocycles. The number of nitrogens with two attached hydrogens (primary N) is 1. The minimum Gasteiger partial charge on any atom is -0.665 e. The number of hydrogen-bond acceptors (Lipinski definition) is 9. The molecule has 0 aliphatic carbocycles. The van der Waals surface area contributed by atoms with Crippen molar-refractivity contribution in [3.63, 3.8) is 0 Å². The molecule has 0 spiro atoms. The molecule has 1 heterocycles. The summed E-state index contributed by atoms with van der Waals surface area (Å²) in [4.78, 5) is 30.6. The van der Waals surface area contributed by atoms with E-state index in [1.165, 1.54) is 0 Å². The Morgan fingerprint density at radius 1 is 1.04 bits per heavy atom. The second-order valence-electron chi connectivity index (χ2n) is 5.67. The molecule has 1 saturated heterocycles. The van der Waals surface area contributed by atoms with Crippen molar-refractivity contribution in [1.29, 1.82) is 0 Å². The van der Waals surface area contributed by atoms with Gasteiger partial charge in [0.15, 0.2) is 0 Å². The van der Waals surface area contributed by atoms with Crippen LogP contribution in [0.15, 0.2) is 0 Å². The van der Waals surface area contributed by atoms with Crippen molar-refractivity contribution in [3.05, 3.63) is 7.43 Å². The Morgan fingerprint density at radius 2 is 1.54 bits per heavy atom. The summed E-state index contributed by atoms with van der Waals surface area (Å²) in [5.41, 5.74) is 5.41. The summed E-state index contributed by atoms with van der Waals surface area (Å²) in [6.45, 7) is 2.27. The third-order valence-electron chi connectivity index (χ3n) is 3.69. The number of aliphatic hydroxyl groups excluding tert-OH is 2. The molecule has 28 heavy (non-hydrogen) atoms. The van der Waals surface area contributed by atoms with Crippen molar-refractivity contribution in [2.45, 2.75) is 30.7 Å². The smallest absolute Gasteiger partial charge is 0.665 e. The standard InChI is InChI=1S/C13H27N5O5.CHO2.CH3.Gd/c14-4-9(19)3-8-5-17-11(13(22)23)7-18-10(12(20)21)6-15-1-2-16-8;2-1-3;;/h8-11,15-19H,1-7,14H2,(H,20,21)(H,22,23);(H,2,3);1H3;/q;2*-1;+2. The van der Waals surface area contributed by atoms with Gasteiger partial charge in [0, 0.05) is 45.3 Å². The van der Waals surface area contributed by atoms with E-state index in [2.05, 4.69) is 21.3 Å². The minimum atomic E-state index is -1.07. The van der Waals surface area contributed by atoms with Crippen molar-refractivity contribution in [3.8, 4) is 0 Å². The normalized spacial score (nSPS) is 24.3. The number of carboxylic acids is 2. The van der Waals surface area contributed by atoms with E-state index in [-0.39, 0.29) is 73.0 Å². The van der Waals surface area contributed by atoms with Crippen LogP contribution >= 0.6 is 0 Å². The van der Waals surface area contributed by atoms with Gasteiger partial charge in [0.1, 0.15) is 12.1 Å². The first-order chi connectivity index (χ1) is 12.3. The van der Waals surface area contributed by atoms with Gasteiger partial charge in [-0.1, -0.05) is 6.47 Å². The molecule has 13 heteroatoms. The van der Waals surface area contributed by atoms with Crippen LogP contribution < -0.4 is 27.0 Å². The Balaban J connectivity index is -0.00000117. The summed E-state index contributed by atoms with van der Waals surface area (Å²) in [6, 6.07) is -1.91. The van der Waals surface area contributed by atoms with E-state index < -0.39 is 30.1 Å². The second kappa shape index (κ2) is 19.8. The van der Waals surface area contributed by atoms with Crippen LogP contribution in [-0.4, -0.2) is 102 Å². The fourth-order valence-electron chi connectivity index (χ4n) is 2.31. The summed E-state index contributed by atoms with van der Waals surface area (Å²) in [6.07, 6.45) is -0.256. The van der Waals surface area contributed by atoms with Crippen molar-refractivity contribution >= 4 is 18.4 Å². The molecule has 0 aromatic carbocycles. The van der Waals surface area contributed by atoms with Gasteiger partial charge in [0.05, 0.1) is 6.10 Å². The molecule has 4 unspecified atom stereocenters. The maximum Gasteiger partial charge on any atom is 2.00 e. The topological polar surface area (TPSA) is 206 Å². The van der Waals surface area contributed by atoms with Gasteiger partial charge in [-0.3, -0.25) is 9.59 Å². The first-order valence-electron chi connectivity index (χ1n) is 8.11. The zero-order valence-corrected chi connectivity index (χ0v) is 18.0. The monoisotopic (exact) mass is 551 g/mol. The van der Waals surface area contributed by atoms with Gasteiger partial charge in [0.25, 0.3) is 0 Å². The largest absolute Gasteiger partial charge is 2.00 e. The number of hydrogen-bond donors (Lipinski definition) is 9. The molecular formula is C15H31GdN5O7. The van der Waals surface area contributed by atoms with E-state index in [4.69, 9.17) is 20.7 Å². The first-order valence-corrected chi connectivity index (χ1v) is 8.11. The molecule has 166 valence electrons. The van der Waals surface area contributed by atoms with Crippen molar-refractivity contribution in [2.24, 2.45) is 5.73 Å². The number of aliphatic hydroxyl groups is 1. The Bertz CT molecular complexity index is 434. The van der Waals surface area contributed by atoms with Gasteiger partial charge < -0.3 is 59.6 Å². The van der Waals surface area contributed by atoms with E-state index >= 15 is 0 Å². The van der Waals surface area contributed by atoms with Crippen LogP contribution in [0.4, 0.5) is 0 Å². The molecule has 1 aliphatic heterocycles. The van der Waals surface area contributed by atoms with Gasteiger partial charge in [-0.05, 0) is 6.42 Å². The maximum atomic E-state index is 11.3. The Kier molecular flexibility index (Phi) is 22.7. The van der Waals surface area contributed by atoms with Crippen molar-refractivity contribution in [1.82, 2.24) is 21.3 Å². The average molecular weight is 551 g/mol. The number of aliphatic carboxylic acids is 2. The minimum absolute atomic E-state index is 0. The van der Waals surface area contributed by atoms with Gasteiger partial charge in [-0.15, -0.1) is 0 Å². The molecule has 0 aromatic heterocycles. The third kappa shape index (κ3) is 15.4. The van der Waals surface area contributed by atoms with E-state index in [1.54, 1.807) is 0 Å². The van der Waals surface area contributed by atoms with Gasteiger partial charge in [-0.2, -0.15) is 0 Å². The SMILES string of the molecule is NCC(O)CC1CNC(C(=O)O)CNC(C(=O)O)CNCCN1.O=[C-]O.[CH3-].[Gd+2]. The molecular weight excluding hydrogens is 519 g/mol. The Hall–Kier alpha value is -0.505. The summed E-state index contributed by atoms with van der Waals surface area (Å²) in [5.74, 6) is -2.10. The number of nitrogens with one attached hydrogen (secondary N) is 4. The molecule has 0 aromatic rings. The maximum absolute atomic E-state index is 11.3. The molecule has 12 nitrogen and oxygen atoms in total. The molecule has 10 N–H and O–H groups in total. The zero-order valence-electron chi connectivity index (χ0n) is 15.7. The number of rotatable bonds is 5. The zero-order chi connectivity index (χ0) is 19.9. The van der Waals surface area contributed by atoms with Crippen molar-refractivity contribution < 1.29 is 74.8 Å². The molecule has 1 rings (SSSR count).